The van der Waals surface area contributed by atoms with Crippen molar-refractivity contribution in [1.29, 1.82) is 0 Å². The van der Waals surface area contributed by atoms with Gasteiger partial charge in [0.1, 0.15) is 23.0 Å². The Hall–Kier alpha value is -3.36. The summed E-state index contributed by atoms with van der Waals surface area (Å²) in [4.78, 5) is 29.3. The number of nitrogens with zero attached hydrogens (tertiary/aromatic N) is 2. The fraction of sp³-hybridized carbons (Fsp3) is 0.517. The molecule has 0 aromatic heterocycles. The van der Waals surface area contributed by atoms with Crippen LogP contribution in [0.25, 0.3) is 0 Å². The highest BCUT2D eigenvalue weighted by atomic mass is 19.1. The standard InChI is InChI=1S/C29H39F2N3O4/c1-20(2)37-25-12-8-21(9-13-25)18-32-27(35)34(19-22-10-11-23(30)17-26(22)31)24-7-6-15-33(16-14-24)28(36)38-29(3,4)5/h8-13,17,20,24H,6-7,14-16,18-19H2,1-5H3,(H,32,35)/t24-/m0/s1. The lowest BCUT2D eigenvalue weighted by Gasteiger charge is -2.32. The Balaban J connectivity index is 1.72. The van der Waals surface area contributed by atoms with E-state index in [1.54, 1.807) is 9.80 Å². The number of benzene rings is 2. The number of halogens is 2. The van der Waals surface area contributed by atoms with Crippen LogP contribution in [0.4, 0.5) is 18.4 Å². The van der Waals surface area contributed by atoms with Crippen molar-refractivity contribution in [3.8, 4) is 5.75 Å². The number of carbonyl (C=O) groups is 2. The maximum atomic E-state index is 14.5. The summed E-state index contributed by atoms with van der Waals surface area (Å²) in [6.45, 7) is 10.5. The minimum absolute atomic E-state index is 0.0176. The number of hydrogen-bond donors (Lipinski definition) is 1. The van der Waals surface area contributed by atoms with Gasteiger partial charge in [0.2, 0.25) is 0 Å². The monoisotopic (exact) mass is 531 g/mol. The van der Waals surface area contributed by atoms with Crippen LogP contribution in [0.15, 0.2) is 42.5 Å². The number of urea groups is 1. The first kappa shape index (κ1) is 29.2. The lowest BCUT2D eigenvalue weighted by atomic mass is 10.1. The molecule has 3 rings (SSSR count). The van der Waals surface area contributed by atoms with E-state index in [1.807, 2.05) is 58.9 Å². The number of carbonyl (C=O) groups excluding carboxylic acids is 2. The SMILES string of the molecule is CC(C)Oc1ccc(CNC(=O)N(Cc2ccc(F)cc2F)[C@H]2CCCN(C(=O)OC(C)(C)C)CC2)cc1. The number of hydrogen-bond acceptors (Lipinski definition) is 4. The van der Waals surface area contributed by atoms with Crippen molar-refractivity contribution >= 4 is 12.1 Å². The van der Waals surface area contributed by atoms with Crippen LogP contribution in [0.5, 0.6) is 5.75 Å². The van der Waals surface area contributed by atoms with Gasteiger partial charge in [-0.25, -0.2) is 18.4 Å². The molecule has 1 atom stereocenters. The van der Waals surface area contributed by atoms with Crippen molar-refractivity contribution in [3.63, 3.8) is 0 Å². The van der Waals surface area contributed by atoms with Crippen molar-refractivity contribution in [3.05, 3.63) is 65.2 Å². The van der Waals surface area contributed by atoms with Crippen LogP contribution >= 0.6 is 0 Å². The molecular formula is C29H39F2N3O4. The fourth-order valence-corrected chi connectivity index (χ4v) is 4.34. The summed E-state index contributed by atoms with van der Waals surface area (Å²) in [5, 5.41) is 2.94. The van der Waals surface area contributed by atoms with E-state index in [9.17, 15) is 18.4 Å². The molecule has 2 aromatic rings. The first-order chi connectivity index (χ1) is 17.9. The van der Waals surface area contributed by atoms with Crippen LogP contribution in [0.3, 0.4) is 0 Å². The molecule has 1 aliphatic rings. The van der Waals surface area contributed by atoms with Crippen molar-refractivity contribution < 1.29 is 27.8 Å². The quantitative estimate of drug-likeness (QED) is 0.458. The fourth-order valence-electron chi connectivity index (χ4n) is 4.34. The van der Waals surface area contributed by atoms with Crippen molar-refractivity contribution in [1.82, 2.24) is 15.1 Å². The molecule has 0 radical (unpaired) electrons. The second-order valence-electron chi connectivity index (χ2n) is 10.9. The molecule has 9 heteroatoms. The smallest absolute Gasteiger partial charge is 0.410 e. The molecular weight excluding hydrogens is 492 g/mol. The summed E-state index contributed by atoms with van der Waals surface area (Å²) in [7, 11) is 0. The maximum absolute atomic E-state index is 14.5. The zero-order valence-corrected chi connectivity index (χ0v) is 22.9. The largest absolute Gasteiger partial charge is 0.491 e. The van der Waals surface area contributed by atoms with E-state index in [4.69, 9.17) is 9.47 Å². The van der Waals surface area contributed by atoms with E-state index >= 15 is 0 Å². The van der Waals surface area contributed by atoms with E-state index in [2.05, 4.69) is 5.32 Å². The van der Waals surface area contributed by atoms with Gasteiger partial charge in [0.25, 0.3) is 0 Å². The lowest BCUT2D eigenvalue weighted by Crippen LogP contribution is -2.46. The summed E-state index contributed by atoms with van der Waals surface area (Å²) in [5.74, 6) is -0.626. The predicted octanol–water partition coefficient (Wildman–Crippen LogP) is 6.25. The van der Waals surface area contributed by atoms with Gasteiger partial charge in [-0.05, 0) is 77.6 Å². The Morgan fingerprint density at radius 2 is 1.79 bits per heavy atom. The van der Waals surface area contributed by atoms with Gasteiger partial charge in [-0.2, -0.15) is 0 Å². The number of amides is 3. The Bertz CT molecular complexity index is 1090. The number of rotatable bonds is 7. The summed E-state index contributed by atoms with van der Waals surface area (Å²) < 4.78 is 39.2. The predicted molar refractivity (Wildman–Crippen MR) is 142 cm³/mol. The van der Waals surface area contributed by atoms with Gasteiger partial charge in [0.15, 0.2) is 0 Å². The van der Waals surface area contributed by atoms with E-state index in [0.717, 1.165) is 17.4 Å². The highest BCUT2D eigenvalue weighted by Crippen LogP contribution is 2.23. The van der Waals surface area contributed by atoms with Crippen LogP contribution in [-0.2, 0) is 17.8 Å². The lowest BCUT2D eigenvalue weighted by molar-refractivity contribution is 0.0254. The van der Waals surface area contributed by atoms with E-state index < -0.39 is 17.2 Å². The third kappa shape index (κ3) is 8.89. The van der Waals surface area contributed by atoms with Gasteiger partial charge in [-0.3, -0.25) is 0 Å². The van der Waals surface area contributed by atoms with Gasteiger partial charge >= 0.3 is 12.1 Å². The topological polar surface area (TPSA) is 71.1 Å². The third-order valence-corrected chi connectivity index (χ3v) is 6.15. The van der Waals surface area contributed by atoms with Gasteiger partial charge in [0, 0.05) is 37.3 Å². The Kier molecular flexibility index (Phi) is 9.94. The molecule has 208 valence electrons. The maximum Gasteiger partial charge on any atom is 0.410 e. The second-order valence-corrected chi connectivity index (χ2v) is 10.9. The molecule has 0 aliphatic carbocycles. The Morgan fingerprint density at radius 1 is 1.08 bits per heavy atom. The van der Waals surface area contributed by atoms with E-state index in [-0.39, 0.29) is 42.9 Å². The Morgan fingerprint density at radius 3 is 2.42 bits per heavy atom. The first-order valence-corrected chi connectivity index (χ1v) is 13.1. The molecule has 0 saturated carbocycles. The molecule has 1 fully saturated rings. The van der Waals surface area contributed by atoms with E-state index in [1.165, 1.54) is 12.1 Å². The Labute approximate surface area is 224 Å². The van der Waals surface area contributed by atoms with Gasteiger partial charge in [0.05, 0.1) is 12.6 Å². The highest BCUT2D eigenvalue weighted by molar-refractivity contribution is 5.74. The van der Waals surface area contributed by atoms with Gasteiger partial charge in [-0.15, -0.1) is 0 Å². The second kappa shape index (κ2) is 12.9. The van der Waals surface area contributed by atoms with Gasteiger partial charge < -0.3 is 24.6 Å². The third-order valence-electron chi connectivity index (χ3n) is 6.15. The molecule has 1 aliphatic heterocycles. The molecule has 3 amide bonds. The summed E-state index contributed by atoms with van der Waals surface area (Å²) in [6, 6.07) is 10.2. The van der Waals surface area contributed by atoms with E-state index in [0.29, 0.717) is 32.4 Å². The van der Waals surface area contributed by atoms with Crippen molar-refractivity contribution in [2.45, 2.75) is 84.7 Å². The zero-order valence-electron chi connectivity index (χ0n) is 22.9. The summed E-state index contributed by atoms with van der Waals surface area (Å²) in [6.07, 6.45) is 1.49. The van der Waals surface area contributed by atoms with Crippen LogP contribution < -0.4 is 10.1 Å². The van der Waals surface area contributed by atoms with Gasteiger partial charge in [-0.1, -0.05) is 18.2 Å². The average molecular weight is 532 g/mol. The van der Waals surface area contributed by atoms with Crippen LogP contribution in [0.2, 0.25) is 0 Å². The average Bonchev–Trinajstić information content (AvgIpc) is 3.08. The van der Waals surface area contributed by atoms with Crippen LogP contribution in [0.1, 0.15) is 65.0 Å². The molecule has 0 bridgehead atoms. The molecule has 0 spiro atoms. The zero-order chi connectivity index (χ0) is 27.9. The molecule has 7 nitrogen and oxygen atoms in total. The highest BCUT2D eigenvalue weighted by Gasteiger charge is 2.30. The first-order valence-electron chi connectivity index (χ1n) is 13.1. The summed E-state index contributed by atoms with van der Waals surface area (Å²) in [5.41, 5.74) is 0.512. The normalized spacial score (nSPS) is 16.1. The number of likely N-dealkylation sites (tertiary alicyclic amines) is 1. The molecule has 2 aromatic carbocycles. The number of ether oxygens (including phenoxy) is 2. The minimum atomic E-state index is -0.701. The van der Waals surface area contributed by atoms with Crippen molar-refractivity contribution in [2.24, 2.45) is 0 Å². The minimum Gasteiger partial charge on any atom is -0.491 e. The van der Waals surface area contributed by atoms with Crippen molar-refractivity contribution in [2.75, 3.05) is 13.1 Å². The van der Waals surface area contributed by atoms with Crippen LogP contribution in [0, 0.1) is 11.6 Å². The number of nitrogens with one attached hydrogen (secondary N) is 1. The van der Waals surface area contributed by atoms with Crippen LogP contribution in [-0.4, -0.2) is 52.8 Å². The molecule has 0 unspecified atom stereocenters. The molecule has 1 N–H and O–H groups in total. The molecule has 1 saturated heterocycles. The molecule has 1 heterocycles. The molecule has 38 heavy (non-hydrogen) atoms. The summed E-state index contributed by atoms with van der Waals surface area (Å²) >= 11 is 0.